The molecule has 2 heterocycles. The number of thioether (sulfide) groups is 1. The zero-order valence-electron chi connectivity index (χ0n) is 14.6. The quantitative estimate of drug-likeness (QED) is 0.476. The zero-order chi connectivity index (χ0) is 17.9. The van der Waals surface area contributed by atoms with E-state index in [1.165, 1.54) is 5.56 Å². The highest BCUT2D eigenvalue weighted by Crippen LogP contribution is 2.26. The maximum atomic E-state index is 5.42. The van der Waals surface area contributed by atoms with E-state index in [0.717, 1.165) is 22.0 Å². The minimum absolute atomic E-state index is 0.571. The van der Waals surface area contributed by atoms with Gasteiger partial charge in [0.25, 0.3) is 0 Å². The van der Waals surface area contributed by atoms with Gasteiger partial charge in [-0.25, -0.2) is 4.98 Å². The van der Waals surface area contributed by atoms with E-state index in [4.69, 9.17) is 4.52 Å². The summed E-state index contributed by atoms with van der Waals surface area (Å²) in [6.45, 7) is 4.13. The van der Waals surface area contributed by atoms with Crippen molar-refractivity contribution in [1.29, 1.82) is 0 Å². The molecular weight excluding hydrogens is 344 g/mol. The van der Waals surface area contributed by atoms with Crippen molar-refractivity contribution in [3.63, 3.8) is 0 Å². The molecule has 0 saturated heterocycles. The molecule has 0 spiro atoms. The van der Waals surface area contributed by atoms with Gasteiger partial charge in [0, 0.05) is 18.0 Å². The second-order valence-electron chi connectivity index (χ2n) is 5.98. The molecule has 2 aromatic heterocycles. The predicted octanol–water partition coefficient (Wildman–Crippen LogP) is 4.83. The molecule has 4 aromatic rings. The Hall–Kier alpha value is -2.86. The molecule has 0 unspecified atom stereocenters. The number of para-hydroxylation sites is 1. The summed E-state index contributed by atoms with van der Waals surface area (Å²) in [5.74, 6) is 1.79. The van der Waals surface area contributed by atoms with Crippen LogP contribution in [0.2, 0.25) is 0 Å². The average Bonchev–Trinajstić information content (AvgIpc) is 3.30. The molecule has 26 heavy (non-hydrogen) atoms. The van der Waals surface area contributed by atoms with Gasteiger partial charge in [-0.2, -0.15) is 4.98 Å². The van der Waals surface area contributed by atoms with Crippen LogP contribution >= 0.6 is 11.8 Å². The lowest BCUT2D eigenvalue weighted by Crippen LogP contribution is -1.97. The topological polar surface area (TPSA) is 56.7 Å². The van der Waals surface area contributed by atoms with E-state index in [2.05, 4.69) is 38.7 Å². The molecule has 0 bridgehead atoms. The summed E-state index contributed by atoms with van der Waals surface area (Å²) < 4.78 is 7.50. The van der Waals surface area contributed by atoms with Crippen molar-refractivity contribution in [2.45, 2.75) is 24.8 Å². The molecule has 0 radical (unpaired) electrons. The van der Waals surface area contributed by atoms with Gasteiger partial charge in [0.05, 0.1) is 11.4 Å². The molecule has 130 valence electrons. The summed E-state index contributed by atoms with van der Waals surface area (Å²) in [7, 11) is 0. The van der Waals surface area contributed by atoms with Crippen LogP contribution in [0.1, 0.15) is 17.0 Å². The molecule has 0 atom stereocenters. The highest BCUT2D eigenvalue weighted by molar-refractivity contribution is 7.98. The van der Waals surface area contributed by atoms with Crippen LogP contribution in [0.25, 0.3) is 17.1 Å². The normalized spacial score (nSPS) is 11.0. The highest BCUT2D eigenvalue weighted by atomic mass is 32.2. The van der Waals surface area contributed by atoms with Gasteiger partial charge in [0.15, 0.2) is 5.16 Å². The van der Waals surface area contributed by atoms with Crippen LogP contribution in [0.15, 0.2) is 70.6 Å². The Kier molecular flexibility index (Phi) is 4.58. The van der Waals surface area contributed by atoms with E-state index in [0.29, 0.717) is 17.5 Å². The molecule has 5 nitrogen and oxygen atoms in total. The van der Waals surface area contributed by atoms with Gasteiger partial charge < -0.3 is 4.52 Å². The molecule has 0 aliphatic carbocycles. The van der Waals surface area contributed by atoms with Crippen molar-refractivity contribution in [2.75, 3.05) is 0 Å². The first-order chi connectivity index (χ1) is 12.7. The van der Waals surface area contributed by atoms with Gasteiger partial charge in [0.2, 0.25) is 11.7 Å². The Morgan fingerprint density at radius 2 is 1.77 bits per heavy atom. The largest absolute Gasteiger partial charge is 0.338 e. The Morgan fingerprint density at radius 3 is 2.58 bits per heavy atom. The molecule has 0 aliphatic rings. The second kappa shape index (κ2) is 7.17. The number of imidazole rings is 1. The van der Waals surface area contributed by atoms with Crippen LogP contribution in [0.3, 0.4) is 0 Å². The molecule has 0 aliphatic heterocycles. The molecular formula is C20H18N4OS. The smallest absolute Gasteiger partial charge is 0.237 e. The van der Waals surface area contributed by atoms with Crippen LogP contribution < -0.4 is 0 Å². The summed E-state index contributed by atoms with van der Waals surface area (Å²) in [4.78, 5) is 8.99. The van der Waals surface area contributed by atoms with Crippen LogP contribution in [-0.4, -0.2) is 19.7 Å². The van der Waals surface area contributed by atoms with Crippen molar-refractivity contribution in [1.82, 2.24) is 19.7 Å². The van der Waals surface area contributed by atoms with E-state index in [9.17, 15) is 0 Å². The Labute approximate surface area is 156 Å². The molecule has 0 fully saturated rings. The first kappa shape index (κ1) is 16.6. The zero-order valence-corrected chi connectivity index (χ0v) is 15.4. The van der Waals surface area contributed by atoms with Gasteiger partial charge in [-0.3, -0.25) is 4.57 Å². The standard InChI is InChI=1S/C20H18N4OS/c1-14-7-3-5-9-16(14)19-22-18(25-23-19)13-26-20-21-11-12-24(20)17-10-6-4-8-15(17)2/h3-12H,13H2,1-2H3. The third-order valence-corrected chi connectivity index (χ3v) is 5.11. The highest BCUT2D eigenvalue weighted by Gasteiger charge is 2.13. The summed E-state index contributed by atoms with van der Waals surface area (Å²) in [5.41, 5.74) is 4.45. The summed E-state index contributed by atoms with van der Waals surface area (Å²) in [5, 5.41) is 5.01. The van der Waals surface area contributed by atoms with Crippen molar-refractivity contribution in [2.24, 2.45) is 0 Å². The van der Waals surface area contributed by atoms with Crippen LogP contribution in [0.5, 0.6) is 0 Å². The predicted molar refractivity (Wildman–Crippen MR) is 102 cm³/mol. The van der Waals surface area contributed by atoms with Gasteiger partial charge in [-0.15, -0.1) is 0 Å². The van der Waals surface area contributed by atoms with Crippen LogP contribution in [0.4, 0.5) is 0 Å². The third kappa shape index (κ3) is 3.28. The van der Waals surface area contributed by atoms with Gasteiger partial charge in [-0.05, 0) is 31.0 Å². The maximum absolute atomic E-state index is 5.42. The molecule has 0 amide bonds. The van der Waals surface area contributed by atoms with Crippen molar-refractivity contribution in [3.05, 3.63) is 77.9 Å². The second-order valence-corrected chi connectivity index (χ2v) is 6.92. The average molecular weight is 362 g/mol. The maximum Gasteiger partial charge on any atom is 0.237 e. The van der Waals surface area contributed by atoms with E-state index < -0.39 is 0 Å². The molecule has 6 heteroatoms. The molecule has 2 aromatic carbocycles. The lowest BCUT2D eigenvalue weighted by molar-refractivity contribution is 0.391. The number of nitrogens with zero attached hydrogens (tertiary/aromatic N) is 4. The lowest BCUT2D eigenvalue weighted by Gasteiger charge is -2.09. The van der Waals surface area contributed by atoms with E-state index in [1.807, 2.05) is 49.5 Å². The number of rotatable bonds is 5. The van der Waals surface area contributed by atoms with Gasteiger partial charge in [-0.1, -0.05) is 59.4 Å². The van der Waals surface area contributed by atoms with E-state index >= 15 is 0 Å². The minimum atomic E-state index is 0.571. The number of benzene rings is 2. The van der Waals surface area contributed by atoms with E-state index in [1.54, 1.807) is 18.0 Å². The van der Waals surface area contributed by atoms with Crippen molar-refractivity contribution in [3.8, 4) is 17.1 Å². The minimum Gasteiger partial charge on any atom is -0.338 e. The fourth-order valence-electron chi connectivity index (χ4n) is 2.79. The molecule has 0 saturated carbocycles. The Balaban J connectivity index is 1.52. The van der Waals surface area contributed by atoms with Crippen LogP contribution in [-0.2, 0) is 5.75 Å². The lowest BCUT2D eigenvalue weighted by atomic mass is 10.1. The van der Waals surface area contributed by atoms with Gasteiger partial charge >= 0.3 is 0 Å². The Morgan fingerprint density at radius 1 is 1.00 bits per heavy atom. The van der Waals surface area contributed by atoms with Crippen molar-refractivity contribution < 1.29 is 4.52 Å². The Bertz CT molecular complexity index is 1040. The third-order valence-electron chi connectivity index (χ3n) is 4.16. The first-order valence-electron chi connectivity index (χ1n) is 8.33. The number of hydrogen-bond donors (Lipinski definition) is 0. The SMILES string of the molecule is Cc1ccccc1-c1noc(CSc2nccn2-c2ccccc2C)n1. The van der Waals surface area contributed by atoms with Crippen LogP contribution in [0, 0.1) is 13.8 Å². The fourth-order valence-corrected chi connectivity index (χ4v) is 3.59. The number of aromatic nitrogens is 4. The van der Waals surface area contributed by atoms with Crippen molar-refractivity contribution >= 4 is 11.8 Å². The summed E-state index contributed by atoms with van der Waals surface area (Å²) >= 11 is 1.58. The number of hydrogen-bond acceptors (Lipinski definition) is 5. The summed E-state index contributed by atoms with van der Waals surface area (Å²) in [6.07, 6.45) is 3.78. The summed E-state index contributed by atoms with van der Waals surface area (Å²) in [6, 6.07) is 16.3. The van der Waals surface area contributed by atoms with Gasteiger partial charge in [0.1, 0.15) is 0 Å². The molecule has 0 N–H and O–H groups in total. The first-order valence-corrected chi connectivity index (χ1v) is 9.31. The number of aryl methyl sites for hydroxylation is 2. The van der Waals surface area contributed by atoms with E-state index in [-0.39, 0.29) is 0 Å². The fraction of sp³-hybridized carbons (Fsp3) is 0.150. The monoisotopic (exact) mass is 362 g/mol. The molecule has 4 rings (SSSR count).